The molecule has 140 valence electrons. The first kappa shape index (κ1) is 19.4. The normalized spacial score (nSPS) is 10.6. The molecule has 0 spiro atoms. The molecule has 9 heteroatoms. The fraction of sp³-hybridized carbons (Fsp3) is 0.222. The summed E-state index contributed by atoms with van der Waals surface area (Å²) in [4.78, 5) is 12.5. The Labute approximate surface area is 169 Å². The van der Waals surface area contributed by atoms with Crippen molar-refractivity contribution in [1.29, 1.82) is 0 Å². The van der Waals surface area contributed by atoms with Crippen LogP contribution < -0.4 is 9.47 Å². The first-order valence-corrected chi connectivity index (χ1v) is 9.92. The van der Waals surface area contributed by atoms with Crippen molar-refractivity contribution in [3.63, 3.8) is 0 Å². The van der Waals surface area contributed by atoms with Gasteiger partial charge in [-0.15, -0.1) is 5.10 Å². The molecule has 1 aromatic heterocycles. The molecule has 3 rings (SSSR count). The van der Waals surface area contributed by atoms with Gasteiger partial charge in [0.1, 0.15) is 17.2 Å². The van der Waals surface area contributed by atoms with Gasteiger partial charge in [0.2, 0.25) is 5.16 Å². The van der Waals surface area contributed by atoms with Crippen LogP contribution in [0.25, 0.3) is 5.69 Å². The second-order valence-corrected chi connectivity index (χ2v) is 7.13. The first-order chi connectivity index (χ1) is 13.1. The van der Waals surface area contributed by atoms with E-state index in [1.54, 1.807) is 30.0 Å². The molecule has 0 bridgehead atoms. The maximum Gasteiger partial charge on any atom is 0.214 e. The molecular formula is C18H17BrN4O3S. The molecule has 0 amide bonds. The van der Waals surface area contributed by atoms with Crippen LogP contribution in [0.3, 0.4) is 0 Å². The Morgan fingerprint density at radius 1 is 1.22 bits per heavy atom. The highest BCUT2D eigenvalue weighted by Crippen LogP contribution is 2.28. The van der Waals surface area contributed by atoms with Gasteiger partial charge in [0.25, 0.3) is 0 Å². The second kappa shape index (κ2) is 9.01. The van der Waals surface area contributed by atoms with Gasteiger partial charge in [0, 0.05) is 5.56 Å². The third-order valence-electron chi connectivity index (χ3n) is 3.64. The molecule has 0 N–H and O–H groups in total. The van der Waals surface area contributed by atoms with Crippen molar-refractivity contribution in [2.24, 2.45) is 0 Å². The zero-order valence-corrected chi connectivity index (χ0v) is 17.2. The number of para-hydroxylation sites is 2. The number of Topliss-reactive ketones (excluding diaryl/α,β-unsaturated/α-hetero) is 1. The molecule has 0 aliphatic rings. The molecule has 0 aliphatic heterocycles. The number of hydrogen-bond donors (Lipinski definition) is 0. The maximum atomic E-state index is 12.5. The van der Waals surface area contributed by atoms with Crippen molar-refractivity contribution >= 4 is 33.5 Å². The standard InChI is InChI=1S/C18H17BrN4O3S/c1-3-26-17-7-5-4-6-14(17)23-18(20-21-22-23)27-11-15(24)12-8-9-16(25-2)13(19)10-12/h4-10H,3,11H2,1-2H3. The van der Waals surface area contributed by atoms with E-state index in [-0.39, 0.29) is 11.5 Å². The number of rotatable bonds is 8. The van der Waals surface area contributed by atoms with Gasteiger partial charge in [0.15, 0.2) is 5.78 Å². The van der Waals surface area contributed by atoms with Crippen LogP contribution in [0.5, 0.6) is 11.5 Å². The Morgan fingerprint density at radius 3 is 2.78 bits per heavy atom. The summed E-state index contributed by atoms with van der Waals surface area (Å²) in [5.74, 6) is 1.53. The van der Waals surface area contributed by atoms with Gasteiger partial charge in [0.05, 0.1) is 23.9 Å². The van der Waals surface area contributed by atoms with Gasteiger partial charge in [-0.05, 0) is 63.6 Å². The Hall–Kier alpha value is -2.39. The lowest BCUT2D eigenvalue weighted by molar-refractivity contribution is 0.102. The molecule has 0 atom stereocenters. The molecule has 2 aromatic carbocycles. The average Bonchev–Trinajstić information content (AvgIpc) is 3.15. The summed E-state index contributed by atoms with van der Waals surface area (Å²) in [5.41, 5.74) is 1.32. The van der Waals surface area contributed by atoms with Gasteiger partial charge in [-0.3, -0.25) is 4.79 Å². The van der Waals surface area contributed by atoms with Crippen molar-refractivity contribution in [1.82, 2.24) is 20.2 Å². The number of ether oxygens (including phenoxy) is 2. The second-order valence-electron chi connectivity index (χ2n) is 5.34. The molecular weight excluding hydrogens is 432 g/mol. The lowest BCUT2D eigenvalue weighted by Gasteiger charge is -2.10. The fourth-order valence-electron chi connectivity index (χ4n) is 2.38. The van der Waals surface area contributed by atoms with Gasteiger partial charge in [-0.25, -0.2) is 0 Å². The van der Waals surface area contributed by atoms with E-state index < -0.39 is 0 Å². The third-order valence-corrected chi connectivity index (χ3v) is 5.18. The van der Waals surface area contributed by atoms with Crippen LogP contribution in [0.1, 0.15) is 17.3 Å². The van der Waals surface area contributed by atoms with Gasteiger partial charge < -0.3 is 9.47 Å². The van der Waals surface area contributed by atoms with Crippen LogP contribution >= 0.6 is 27.7 Å². The summed E-state index contributed by atoms with van der Waals surface area (Å²) in [6.45, 7) is 2.45. The highest BCUT2D eigenvalue weighted by atomic mass is 79.9. The number of carbonyl (C=O) groups excluding carboxylic acids is 1. The van der Waals surface area contributed by atoms with Crippen LogP contribution in [0, 0.1) is 0 Å². The number of aromatic nitrogens is 4. The van der Waals surface area contributed by atoms with E-state index in [0.29, 0.717) is 28.8 Å². The highest BCUT2D eigenvalue weighted by Gasteiger charge is 2.16. The molecule has 0 unspecified atom stereocenters. The van der Waals surface area contributed by atoms with Gasteiger partial charge in [-0.1, -0.05) is 23.9 Å². The minimum absolute atomic E-state index is 0.0315. The topological polar surface area (TPSA) is 79.1 Å². The van der Waals surface area contributed by atoms with Gasteiger partial charge >= 0.3 is 0 Å². The van der Waals surface area contributed by atoms with E-state index in [1.165, 1.54) is 11.8 Å². The number of ketones is 1. The maximum absolute atomic E-state index is 12.5. The molecule has 0 saturated heterocycles. The van der Waals surface area contributed by atoms with Crippen LogP contribution in [0.15, 0.2) is 52.1 Å². The van der Waals surface area contributed by atoms with Crippen molar-refractivity contribution in [3.8, 4) is 17.2 Å². The number of nitrogens with zero attached hydrogens (tertiary/aromatic N) is 4. The lowest BCUT2D eigenvalue weighted by atomic mass is 10.1. The van der Waals surface area contributed by atoms with Crippen LogP contribution in [0.2, 0.25) is 0 Å². The summed E-state index contributed by atoms with van der Waals surface area (Å²) in [7, 11) is 1.58. The summed E-state index contributed by atoms with van der Waals surface area (Å²) in [6, 6.07) is 12.7. The SMILES string of the molecule is CCOc1ccccc1-n1nnnc1SCC(=O)c1ccc(OC)c(Br)c1. The minimum Gasteiger partial charge on any atom is -0.496 e. The Kier molecular flexibility index (Phi) is 6.46. The van der Waals surface area contributed by atoms with Crippen molar-refractivity contribution in [2.75, 3.05) is 19.5 Å². The van der Waals surface area contributed by atoms with E-state index in [9.17, 15) is 4.79 Å². The smallest absolute Gasteiger partial charge is 0.214 e. The van der Waals surface area contributed by atoms with Crippen molar-refractivity contribution < 1.29 is 14.3 Å². The molecule has 0 radical (unpaired) electrons. The Morgan fingerprint density at radius 2 is 2.04 bits per heavy atom. The highest BCUT2D eigenvalue weighted by molar-refractivity contribution is 9.10. The van der Waals surface area contributed by atoms with Crippen LogP contribution in [-0.2, 0) is 0 Å². The summed E-state index contributed by atoms with van der Waals surface area (Å²) >= 11 is 4.67. The number of carbonyl (C=O) groups is 1. The van der Waals surface area contributed by atoms with E-state index >= 15 is 0 Å². The number of tetrazole rings is 1. The average molecular weight is 449 g/mol. The zero-order chi connectivity index (χ0) is 19.2. The van der Waals surface area contributed by atoms with E-state index in [4.69, 9.17) is 9.47 Å². The largest absolute Gasteiger partial charge is 0.496 e. The number of halogens is 1. The summed E-state index contributed by atoms with van der Waals surface area (Å²) < 4.78 is 13.1. The number of thioether (sulfide) groups is 1. The molecule has 7 nitrogen and oxygen atoms in total. The zero-order valence-electron chi connectivity index (χ0n) is 14.8. The van der Waals surface area contributed by atoms with E-state index in [0.717, 1.165) is 10.2 Å². The van der Waals surface area contributed by atoms with Crippen molar-refractivity contribution in [3.05, 3.63) is 52.5 Å². The third kappa shape index (κ3) is 4.48. The molecule has 3 aromatic rings. The monoisotopic (exact) mass is 448 g/mol. The molecule has 1 heterocycles. The molecule has 0 saturated carbocycles. The number of benzene rings is 2. The number of methoxy groups -OCH3 is 1. The summed E-state index contributed by atoms with van der Waals surface area (Å²) in [5, 5.41) is 12.3. The Bertz CT molecular complexity index is 948. The molecule has 0 fully saturated rings. The molecule has 0 aliphatic carbocycles. The fourth-order valence-corrected chi connectivity index (χ4v) is 3.70. The van der Waals surface area contributed by atoms with E-state index in [2.05, 4.69) is 31.5 Å². The predicted molar refractivity (Wildman–Crippen MR) is 106 cm³/mol. The van der Waals surface area contributed by atoms with Crippen LogP contribution in [-0.4, -0.2) is 45.5 Å². The van der Waals surface area contributed by atoms with Gasteiger partial charge in [-0.2, -0.15) is 4.68 Å². The minimum atomic E-state index is -0.0315. The van der Waals surface area contributed by atoms with Crippen molar-refractivity contribution in [2.45, 2.75) is 12.1 Å². The first-order valence-electron chi connectivity index (χ1n) is 8.14. The predicted octanol–water partition coefficient (Wildman–Crippen LogP) is 3.81. The number of hydrogen-bond acceptors (Lipinski definition) is 7. The molecule has 27 heavy (non-hydrogen) atoms. The lowest BCUT2D eigenvalue weighted by Crippen LogP contribution is -2.06. The van der Waals surface area contributed by atoms with E-state index in [1.807, 2.05) is 31.2 Å². The summed E-state index contributed by atoms with van der Waals surface area (Å²) in [6.07, 6.45) is 0. The van der Waals surface area contributed by atoms with Crippen LogP contribution in [0.4, 0.5) is 0 Å². The Balaban J connectivity index is 1.76. The quantitative estimate of drug-likeness (QED) is 0.382.